The minimum absolute atomic E-state index is 0.210. The Morgan fingerprint density at radius 2 is 1.29 bits per heavy atom. The summed E-state index contributed by atoms with van der Waals surface area (Å²) in [5.41, 5.74) is 1.09. The standard InChI is InChI=1S/C28H47BrO5/c1-5-9-16-30-21-24-26(31-17-10-6-2)28(33-19-12-8-4)27(32-18-11-7-3)25(34-24)22-14-13-15-23(29)20-22/h13-15,20,24-28H,5-12,16-19,21H2,1-4H3/t24-,25+,26-,27+,28+/m1/s1. The summed E-state index contributed by atoms with van der Waals surface area (Å²) in [6.07, 6.45) is 7.32. The van der Waals surface area contributed by atoms with Crippen LogP contribution in [0.4, 0.5) is 0 Å². The Hall–Kier alpha value is -0.500. The van der Waals surface area contributed by atoms with Crippen molar-refractivity contribution < 1.29 is 23.7 Å². The van der Waals surface area contributed by atoms with Gasteiger partial charge in [0.15, 0.2) is 0 Å². The van der Waals surface area contributed by atoms with E-state index in [9.17, 15) is 0 Å². The van der Waals surface area contributed by atoms with Crippen LogP contribution in [0.25, 0.3) is 0 Å². The highest BCUT2D eigenvalue weighted by molar-refractivity contribution is 9.10. The predicted octanol–water partition coefficient (Wildman–Crippen LogP) is 7.26. The van der Waals surface area contributed by atoms with Crippen LogP contribution in [0, 0.1) is 0 Å². The number of rotatable bonds is 18. The van der Waals surface area contributed by atoms with Crippen LogP contribution in [0.5, 0.6) is 0 Å². The highest BCUT2D eigenvalue weighted by Gasteiger charge is 2.48. The molecule has 0 aliphatic carbocycles. The van der Waals surface area contributed by atoms with Crippen molar-refractivity contribution in [1.82, 2.24) is 0 Å². The minimum Gasteiger partial charge on any atom is -0.379 e. The van der Waals surface area contributed by atoms with Gasteiger partial charge in [-0.3, -0.25) is 0 Å². The molecule has 0 amide bonds. The average molecular weight is 544 g/mol. The summed E-state index contributed by atoms with van der Waals surface area (Å²) in [5, 5.41) is 0. The third kappa shape index (κ3) is 9.87. The molecule has 0 aromatic heterocycles. The fraction of sp³-hybridized carbons (Fsp3) is 0.786. The number of hydrogen-bond acceptors (Lipinski definition) is 5. The van der Waals surface area contributed by atoms with Crippen molar-refractivity contribution in [2.75, 3.05) is 33.0 Å². The molecule has 34 heavy (non-hydrogen) atoms. The molecule has 5 atom stereocenters. The summed E-state index contributed by atoms with van der Waals surface area (Å²) in [7, 11) is 0. The van der Waals surface area contributed by atoms with Crippen molar-refractivity contribution in [2.24, 2.45) is 0 Å². The number of ether oxygens (including phenoxy) is 5. The Balaban J connectivity index is 2.35. The Morgan fingerprint density at radius 3 is 1.88 bits per heavy atom. The monoisotopic (exact) mass is 542 g/mol. The fourth-order valence-corrected chi connectivity index (χ4v) is 4.53. The second-order valence-electron chi connectivity index (χ2n) is 9.15. The van der Waals surface area contributed by atoms with Crippen LogP contribution in [0.3, 0.4) is 0 Å². The average Bonchev–Trinajstić information content (AvgIpc) is 2.84. The van der Waals surface area contributed by atoms with Crippen LogP contribution in [-0.2, 0) is 23.7 Å². The second kappa shape index (κ2) is 17.9. The molecule has 1 aliphatic rings. The lowest BCUT2D eigenvalue weighted by molar-refractivity contribution is -0.268. The summed E-state index contributed by atoms with van der Waals surface area (Å²) >= 11 is 3.63. The number of hydrogen-bond donors (Lipinski definition) is 0. The van der Waals surface area contributed by atoms with Gasteiger partial charge in [-0.2, -0.15) is 0 Å². The normalized spacial score (nSPS) is 25.0. The van der Waals surface area contributed by atoms with Crippen molar-refractivity contribution in [2.45, 2.75) is 110 Å². The van der Waals surface area contributed by atoms with Crippen LogP contribution in [0.15, 0.2) is 28.7 Å². The number of benzene rings is 1. The van der Waals surface area contributed by atoms with E-state index in [-0.39, 0.29) is 30.5 Å². The van der Waals surface area contributed by atoms with Gasteiger partial charge in [-0.1, -0.05) is 81.4 Å². The van der Waals surface area contributed by atoms with Gasteiger partial charge in [-0.25, -0.2) is 0 Å². The summed E-state index contributed by atoms with van der Waals surface area (Å²) in [4.78, 5) is 0. The molecular weight excluding hydrogens is 496 g/mol. The third-order valence-electron chi connectivity index (χ3n) is 6.16. The molecule has 0 bridgehead atoms. The largest absolute Gasteiger partial charge is 0.379 e. The SMILES string of the molecule is CCCCOC[C@H]1O[C@@H](c2cccc(Br)c2)[C@H](OCCCC)[C@@H](OCCCC)[C@@H]1OCCCC. The lowest BCUT2D eigenvalue weighted by Gasteiger charge is -2.46. The van der Waals surface area contributed by atoms with Gasteiger partial charge in [0, 0.05) is 30.9 Å². The molecule has 1 aromatic rings. The first-order chi connectivity index (χ1) is 16.7. The van der Waals surface area contributed by atoms with Crippen molar-refractivity contribution in [3.8, 4) is 0 Å². The minimum atomic E-state index is -0.244. The van der Waals surface area contributed by atoms with Gasteiger partial charge in [-0.05, 0) is 43.4 Å². The van der Waals surface area contributed by atoms with E-state index in [1.54, 1.807) is 0 Å². The van der Waals surface area contributed by atoms with E-state index in [0.717, 1.165) is 68.0 Å². The van der Waals surface area contributed by atoms with E-state index < -0.39 is 0 Å². The molecule has 1 fully saturated rings. The molecule has 1 aromatic carbocycles. The first-order valence-electron chi connectivity index (χ1n) is 13.5. The molecule has 1 saturated heterocycles. The first-order valence-corrected chi connectivity index (χ1v) is 14.3. The Morgan fingerprint density at radius 1 is 0.735 bits per heavy atom. The van der Waals surface area contributed by atoms with Gasteiger partial charge in [0.1, 0.15) is 30.5 Å². The van der Waals surface area contributed by atoms with Crippen molar-refractivity contribution >= 4 is 15.9 Å². The van der Waals surface area contributed by atoms with Crippen LogP contribution in [0.2, 0.25) is 0 Å². The summed E-state index contributed by atoms with van der Waals surface area (Å²) in [5.74, 6) is 0. The Labute approximate surface area is 216 Å². The van der Waals surface area contributed by atoms with Crippen LogP contribution in [-0.4, -0.2) is 57.5 Å². The van der Waals surface area contributed by atoms with Gasteiger partial charge in [0.25, 0.3) is 0 Å². The number of halogens is 1. The Bertz CT molecular complexity index is 643. The highest BCUT2D eigenvalue weighted by Crippen LogP contribution is 2.38. The maximum absolute atomic E-state index is 6.76. The molecule has 0 spiro atoms. The lowest BCUT2D eigenvalue weighted by Crippen LogP contribution is -2.58. The molecule has 0 radical (unpaired) electrons. The molecule has 196 valence electrons. The number of unbranched alkanes of at least 4 members (excludes halogenated alkanes) is 4. The van der Waals surface area contributed by atoms with Crippen molar-refractivity contribution in [3.63, 3.8) is 0 Å². The van der Waals surface area contributed by atoms with E-state index >= 15 is 0 Å². The van der Waals surface area contributed by atoms with Gasteiger partial charge >= 0.3 is 0 Å². The second-order valence-corrected chi connectivity index (χ2v) is 10.1. The molecule has 1 aliphatic heterocycles. The summed E-state index contributed by atoms with van der Waals surface area (Å²) in [6.45, 7) is 12.0. The molecule has 6 heteroatoms. The fourth-order valence-electron chi connectivity index (χ4n) is 4.11. The third-order valence-corrected chi connectivity index (χ3v) is 6.65. The summed E-state index contributed by atoms with van der Waals surface area (Å²) < 4.78 is 33.4. The molecule has 2 rings (SSSR count). The maximum atomic E-state index is 6.76. The van der Waals surface area contributed by atoms with Gasteiger partial charge < -0.3 is 23.7 Å². The predicted molar refractivity (Wildman–Crippen MR) is 141 cm³/mol. The molecule has 0 unspecified atom stereocenters. The van der Waals surface area contributed by atoms with Crippen molar-refractivity contribution in [1.29, 1.82) is 0 Å². The lowest BCUT2D eigenvalue weighted by atomic mass is 9.90. The zero-order valence-corrected chi connectivity index (χ0v) is 23.4. The van der Waals surface area contributed by atoms with Gasteiger partial charge in [0.2, 0.25) is 0 Å². The topological polar surface area (TPSA) is 46.2 Å². The van der Waals surface area contributed by atoms with E-state index in [4.69, 9.17) is 23.7 Å². The van der Waals surface area contributed by atoms with E-state index in [2.05, 4.69) is 61.8 Å². The molecule has 5 nitrogen and oxygen atoms in total. The van der Waals surface area contributed by atoms with Gasteiger partial charge in [-0.15, -0.1) is 0 Å². The zero-order valence-electron chi connectivity index (χ0n) is 21.8. The van der Waals surface area contributed by atoms with E-state index in [0.29, 0.717) is 26.4 Å². The quantitative estimate of drug-likeness (QED) is 0.182. The van der Waals surface area contributed by atoms with E-state index in [1.807, 2.05) is 6.07 Å². The smallest absolute Gasteiger partial charge is 0.117 e. The van der Waals surface area contributed by atoms with Crippen LogP contribution < -0.4 is 0 Å². The molecular formula is C28H47BrO5. The molecule has 1 heterocycles. The van der Waals surface area contributed by atoms with Crippen molar-refractivity contribution in [3.05, 3.63) is 34.3 Å². The van der Waals surface area contributed by atoms with Crippen LogP contribution >= 0.6 is 15.9 Å². The van der Waals surface area contributed by atoms with E-state index in [1.165, 1.54) is 0 Å². The molecule has 0 saturated carbocycles. The first kappa shape index (κ1) is 29.7. The highest BCUT2D eigenvalue weighted by atomic mass is 79.9. The zero-order chi connectivity index (χ0) is 24.6. The Kier molecular flexibility index (Phi) is 15.6. The van der Waals surface area contributed by atoms with Crippen LogP contribution in [0.1, 0.15) is 90.7 Å². The van der Waals surface area contributed by atoms with Gasteiger partial charge in [0.05, 0.1) is 6.61 Å². The molecule has 0 N–H and O–H groups in total. The maximum Gasteiger partial charge on any atom is 0.117 e. The summed E-state index contributed by atoms with van der Waals surface area (Å²) in [6, 6.07) is 8.32.